The van der Waals surface area contributed by atoms with Gasteiger partial charge in [-0.25, -0.2) is 17.6 Å². The van der Waals surface area contributed by atoms with Crippen molar-refractivity contribution < 1.29 is 26.9 Å². The van der Waals surface area contributed by atoms with E-state index in [2.05, 4.69) is 0 Å². The van der Waals surface area contributed by atoms with Gasteiger partial charge in [-0.15, -0.1) is 0 Å². The van der Waals surface area contributed by atoms with Crippen LogP contribution in [0.2, 0.25) is 0 Å². The van der Waals surface area contributed by atoms with E-state index in [1.165, 1.54) is 6.07 Å². The molecule has 1 heterocycles. The van der Waals surface area contributed by atoms with E-state index in [1.807, 2.05) is 0 Å². The van der Waals surface area contributed by atoms with Crippen molar-refractivity contribution in [2.45, 2.75) is 38.9 Å². The third kappa shape index (κ3) is 3.22. The van der Waals surface area contributed by atoms with Gasteiger partial charge in [0.1, 0.15) is 34.9 Å². The van der Waals surface area contributed by atoms with E-state index in [0.717, 1.165) is 24.3 Å². The number of hydrogen-bond donors (Lipinski definition) is 0. The van der Waals surface area contributed by atoms with Gasteiger partial charge in [0.05, 0.1) is 16.8 Å². The smallest absolute Gasteiger partial charge is 0.399 e. The normalized spacial score (nSPS) is 17.8. The van der Waals surface area contributed by atoms with Crippen LogP contribution in [0.5, 0.6) is 0 Å². The van der Waals surface area contributed by atoms with Crippen LogP contribution >= 0.6 is 0 Å². The number of rotatable bonds is 2. The summed E-state index contributed by atoms with van der Waals surface area (Å²) in [5.74, 6) is -4.44. The van der Waals surface area contributed by atoms with Crippen molar-refractivity contribution in [3.05, 3.63) is 53.1 Å². The van der Waals surface area contributed by atoms with E-state index in [1.54, 1.807) is 27.7 Å². The summed E-state index contributed by atoms with van der Waals surface area (Å²) in [5, 5.41) is 8.71. The van der Waals surface area contributed by atoms with Crippen LogP contribution in [0.15, 0.2) is 24.3 Å². The molecule has 27 heavy (non-hydrogen) atoms. The molecule has 0 bridgehead atoms. The fraction of sp³-hybridized carbons (Fsp3) is 0.316. The minimum absolute atomic E-state index is 0.113. The van der Waals surface area contributed by atoms with E-state index in [9.17, 15) is 17.6 Å². The topological polar surface area (TPSA) is 42.2 Å². The van der Waals surface area contributed by atoms with Gasteiger partial charge in [0, 0.05) is 0 Å². The summed E-state index contributed by atoms with van der Waals surface area (Å²) in [7, 11) is -0.984. The summed E-state index contributed by atoms with van der Waals surface area (Å²) in [6.45, 7) is 7.21. The molecule has 2 aromatic carbocycles. The molecule has 1 fully saturated rings. The average Bonchev–Trinajstić information content (AvgIpc) is 2.74. The first-order valence-electron chi connectivity index (χ1n) is 8.21. The number of hydrogen-bond acceptors (Lipinski definition) is 3. The van der Waals surface area contributed by atoms with E-state index in [-0.39, 0.29) is 11.0 Å². The Hall–Kier alpha value is -2.37. The van der Waals surface area contributed by atoms with E-state index in [4.69, 9.17) is 14.6 Å². The van der Waals surface area contributed by atoms with Crippen LogP contribution in [0.25, 0.3) is 11.1 Å². The molecule has 0 saturated carbocycles. The van der Waals surface area contributed by atoms with E-state index in [0.29, 0.717) is 0 Å². The van der Waals surface area contributed by atoms with Crippen LogP contribution in [-0.2, 0) is 9.31 Å². The highest BCUT2D eigenvalue weighted by molar-refractivity contribution is 6.62. The Labute approximate surface area is 154 Å². The van der Waals surface area contributed by atoms with Crippen molar-refractivity contribution in [3.63, 3.8) is 0 Å². The maximum absolute atomic E-state index is 14.6. The highest BCUT2D eigenvalue weighted by atomic mass is 19.1. The molecule has 1 aliphatic heterocycles. The summed E-state index contributed by atoms with van der Waals surface area (Å²) < 4.78 is 68.4. The number of halogens is 4. The summed E-state index contributed by atoms with van der Waals surface area (Å²) in [6, 6.07) is 4.82. The van der Waals surface area contributed by atoms with Crippen LogP contribution in [0, 0.1) is 34.6 Å². The lowest BCUT2D eigenvalue weighted by Crippen LogP contribution is -2.41. The molecule has 0 amide bonds. The van der Waals surface area contributed by atoms with Gasteiger partial charge in [-0.1, -0.05) is 0 Å². The highest BCUT2D eigenvalue weighted by Crippen LogP contribution is 2.37. The van der Waals surface area contributed by atoms with Crippen molar-refractivity contribution in [1.29, 1.82) is 5.26 Å². The maximum atomic E-state index is 14.6. The van der Waals surface area contributed by atoms with Gasteiger partial charge in [-0.3, -0.25) is 0 Å². The van der Waals surface area contributed by atoms with Crippen LogP contribution in [-0.4, -0.2) is 18.3 Å². The number of nitriles is 1. The molecule has 0 unspecified atom stereocenters. The van der Waals surface area contributed by atoms with Crippen LogP contribution < -0.4 is 5.46 Å². The fourth-order valence-electron chi connectivity index (χ4n) is 2.81. The van der Waals surface area contributed by atoms with E-state index >= 15 is 0 Å². The Morgan fingerprint density at radius 2 is 1.26 bits per heavy atom. The summed E-state index contributed by atoms with van der Waals surface area (Å²) in [5.41, 5.74) is -3.03. The quantitative estimate of drug-likeness (QED) is 0.585. The zero-order chi connectivity index (χ0) is 20.1. The molecular formula is C19H16BF4NO2. The zero-order valence-corrected chi connectivity index (χ0v) is 15.2. The predicted octanol–water partition coefficient (Wildman–Crippen LogP) is 4.08. The molecule has 8 heteroatoms. The molecule has 2 aromatic rings. The molecule has 0 spiro atoms. The first kappa shape index (κ1) is 19.4. The van der Waals surface area contributed by atoms with Crippen molar-refractivity contribution in [3.8, 4) is 17.2 Å². The third-order valence-electron chi connectivity index (χ3n) is 5.03. The van der Waals surface area contributed by atoms with Gasteiger partial charge in [-0.05, 0) is 63.0 Å². The van der Waals surface area contributed by atoms with Gasteiger partial charge >= 0.3 is 7.12 Å². The Kier molecular flexibility index (Phi) is 4.57. The van der Waals surface area contributed by atoms with Crippen molar-refractivity contribution in [2.24, 2.45) is 0 Å². The lowest BCUT2D eigenvalue weighted by molar-refractivity contribution is 0.00578. The lowest BCUT2D eigenvalue weighted by Gasteiger charge is -2.32. The molecule has 0 aliphatic carbocycles. The summed E-state index contributed by atoms with van der Waals surface area (Å²) >= 11 is 0. The molecule has 140 valence electrons. The monoisotopic (exact) mass is 377 g/mol. The van der Waals surface area contributed by atoms with Crippen molar-refractivity contribution in [1.82, 2.24) is 0 Å². The lowest BCUT2D eigenvalue weighted by atomic mass is 9.78. The van der Waals surface area contributed by atoms with Crippen molar-refractivity contribution >= 4 is 12.6 Å². The van der Waals surface area contributed by atoms with E-state index < -0.39 is 52.7 Å². The molecular weight excluding hydrogens is 361 g/mol. The van der Waals surface area contributed by atoms with Gasteiger partial charge in [0.25, 0.3) is 0 Å². The molecule has 3 nitrogen and oxygen atoms in total. The predicted molar refractivity (Wildman–Crippen MR) is 92.1 cm³/mol. The largest absolute Gasteiger partial charge is 0.495 e. The second-order valence-electron chi connectivity index (χ2n) is 7.37. The number of benzene rings is 2. The molecule has 0 aromatic heterocycles. The summed E-state index contributed by atoms with van der Waals surface area (Å²) in [6.07, 6.45) is 0. The van der Waals surface area contributed by atoms with Crippen LogP contribution in [0.3, 0.4) is 0 Å². The third-order valence-corrected chi connectivity index (χ3v) is 5.03. The van der Waals surface area contributed by atoms with Gasteiger partial charge < -0.3 is 9.31 Å². The standard InChI is InChI=1S/C19H16BF4NO2/c1-18(2)19(3,4)27-20(26-18)11-7-15(23)17(16(24)8-11)10-5-13(21)12(9-25)14(22)6-10/h5-8H,1-4H3. The van der Waals surface area contributed by atoms with Crippen molar-refractivity contribution in [2.75, 3.05) is 0 Å². The molecule has 3 rings (SSSR count). The Bertz CT molecular complexity index is 907. The highest BCUT2D eigenvalue weighted by Gasteiger charge is 2.52. The zero-order valence-electron chi connectivity index (χ0n) is 15.2. The molecule has 1 aliphatic rings. The summed E-state index contributed by atoms with van der Waals surface area (Å²) in [4.78, 5) is 0. The first-order valence-corrected chi connectivity index (χ1v) is 8.21. The van der Waals surface area contributed by atoms with Crippen LogP contribution in [0.4, 0.5) is 17.6 Å². The minimum atomic E-state index is -1.19. The SMILES string of the molecule is CC1(C)OB(c2cc(F)c(-c3cc(F)c(C#N)c(F)c3)c(F)c2)OC1(C)C. The average molecular weight is 377 g/mol. The second-order valence-corrected chi connectivity index (χ2v) is 7.37. The second kappa shape index (κ2) is 6.36. The Morgan fingerprint density at radius 1 is 0.815 bits per heavy atom. The van der Waals surface area contributed by atoms with Crippen LogP contribution in [0.1, 0.15) is 33.3 Å². The molecule has 0 atom stereocenters. The van der Waals surface area contributed by atoms with Gasteiger partial charge in [-0.2, -0.15) is 5.26 Å². The van der Waals surface area contributed by atoms with Gasteiger partial charge in [0.15, 0.2) is 0 Å². The maximum Gasteiger partial charge on any atom is 0.495 e. The minimum Gasteiger partial charge on any atom is -0.399 e. The Morgan fingerprint density at radius 3 is 1.67 bits per heavy atom. The molecule has 0 N–H and O–H groups in total. The molecule has 0 radical (unpaired) electrons. The van der Waals surface area contributed by atoms with Gasteiger partial charge in [0.2, 0.25) is 0 Å². The Balaban J connectivity index is 2.04. The molecule has 1 saturated heterocycles. The first-order chi connectivity index (χ1) is 12.5. The fourth-order valence-corrected chi connectivity index (χ4v) is 2.81. The number of nitrogens with zero attached hydrogens (tertiary/aromatic N) is 1.